The monoisotopic (exact) mass is 466 g/mol. The molecule has 0 bridgehead atoms. The standard InChI is InChI=1S/C21H11F5N2O3S/c22-11-3-8-14(23)15(10-11)28-19(29)17(16-2-1-9-32-16)18(20(28)30)27-12-4-6-13(7-5-12)31-21(24,25)26/h1-10,27H. The molecule has 0 fully saturated rings. The molecule has 0 unspecified atom stereocenters. The van der Waals surface area contributed by atoms with Crippen LogP contribution in [0.4, 0.5) is 33.3 Å². The van der Waals surface area contributed by atoms with Gasteiger partial charge in [-0.15, -0.1) is 24.5 Å². The lowest BCUT2D eigenvalue weighted by Gasteiger charge is -2.16. The molecule has 0 spiro atoms. The first-order valence-electron chi connectivity index (χ1n) is 8.89. The molecule has 1 aromatic heterocycles. The summed E-state index contributed by atoms with van der Waals surface area (Å²) in [6, 6.07) is 10.0. The first kappa shape index (κ1) is 21.5. The maximum absolute atomic E-state index is 14.3. The number of carbonyl (C=O) groups excluding carboxylic acids is 2. The van der Waals surface area contributed by atoms with Crippen molar-refractivity contribution in [3.8, 4) is 5.75 Å². The van der Waals surface area contributed by atoms with Gasteiger partial charge in [-0.05, 0) is 47.8 Å². The molecule has 1 N–H and O–H groups in total. The van der Waals surface area contributed by atoms with Gasteiger partial charge in [0.15, 0.2) is 0 Å². The Bertz CT molecular complexity index is 1220. The number of anilines is 2. The van der Waals surface area contributed by atoms with E-state index < -0.39 is 41.2 Å². The minimum Gasteiger partial charge on any atom is -0.406 e. The number of ether oxygens (including phenoxy) is 1. The number of nitrogens with one attached hydrogen (secondary N) is 1. The molecule has 0 radical (unpaired) electrons. The third kappa shape index (κ3) is 4.19. The fraction of sp³-hybridized carbons (Fsp3) is 0.0476. The maximum Gasteiger partial charge on any atom is 0.573 e. The highest BCUT2D eigenvalue weighted by Crippen LogP contribution is 2.37. The molecule has 4 rings (SSSR count). The molecule has 5 nitrogen and oxygen atoms in total. The van der Waals surface area contributed by atoms with Gasteiger partial charge in [0.1, 0.15) is 23.1 Å². The first-order valence-corrected chi connectivity index (χ1v) is 9.77. The Morgan fingerprint density at radius 2 is 1.66 bits per heavy atom. The van der Waals surface area contributed by atoms with E-state index in [0.29, 0.717) is 9.78 Å². The summed E-state index contributed by atoms with van der Waals surface area (Å²) >= 11 is 1.14. The second-order valence-electron chi connectivity index (χ2n) is 6.47. The summed E-state index contributed by atoms with van der Waals surface area (Å²) in [6.07, 6.45) is -4.87. The van der Waals surface area contributed by atoms with Crippen molar-refractivity contribution in [1.82, 2.24) is 0 Å². The van der Waals surface area contributed by atoms with E-state index in [1.807, 2.05) is 0 Å². The van der Waals surface area contributed by atoms with Crippen LogP contribution in [0.15, 0.2) is 65.7 Å². The summed E-state index contributed by atoms with van der Waals surface area (Å²) in [5.74, 6) is -4.12. The molecular formula is C21H11F5N2O3S. The topological polar surface area (TPSA) is 58.6 Å². The van der Waals surface area contributed by atoms with Crippen molar-refractivity contribution in [2.24, 2.45) is 0 Å². The number of alkyl halides is 3. The highest BCUT2D eigenvalue weighted by atomic mass is 32.1. The molecule has 0 saturated heterocycles. The summed E-state index contributed by atoms with van der Waals surface area (Å²) in [7, 11) is 0. The molecule has 11 heteroatoms. The summed E-state index contributed by atoms with van der Waals surface area (Å²) in [5.41, 5.74) is -0.694. The average Bonchev–Trinajstić information content (AvgIpc) is 3.31. The predicted octanol–water partition coefficient (Wildman–Crippen LogP) is 5.32. The van der Waals surface area contributed by atoms with Gasteiger partial charge in [0.25, 0.3) is 11.8 Å². The van der Waals surface area contributed by atoms with E-state index in [-0.39, 0.29) is 17.0 Å². The molecule has 3 aromatic rings. The normalized spacial score (nSPS) is 14.3. The summed E-state index contributed by atoms with van der Waals surface area (Å²) < 4.78 is 68.9. The fourth-order valence-corrected chi connectivity index (χ4v) is 3.82. The Balaban J connectivity index is 1.72. The van der Waals surface area contributed by atoms with Crippen molar-refractivity contribution in [3.05, 3.63) is 82.2 Å². The van der Waals surface area contributed by atoms with Crippen LogP contribution in [0.1, 0.15) is 4.88 Å². The fourth-order valence-electron chi connectivity index (χ4n) is 3.06. The van der Waals surface area contributed by atoms with Gasteiger partial charge in [-0.1, -0.05) is 6.07 Å². The van der Waals surface area contributed by atoms with E-state index >= 15 is 0 Å². The highest BCUT2D eigenvalue weighted by molar-refractivity contribution is 7.11. The second kappa shape index (κ2) is 8.08. The quantitative estimate of drug-likeness (QED) is 0.409. The van der Waals surface area contributed by atoms with Gasteiger partial charge in [0.2, 0.25) is 0 Å². The van der Waals surface area contributed by atoms with Crippen molar-refractivity contribution in [2.75, 3.05) is 10.2 Å². The van der Waals surface area contributed by atoms with Crippen LogP contribution < -0.4 is 15.0 Å². The molecule has 2 heterocycles. The van der Waals surface area contributed by atoms with E-state index in [0.717, 1.165) is 41.7 Å². The number of benzene rings is 2. The number of imide groups is 1. The van der Waals surface area contributed by atoms with Crippen molar-refractivity contribution in [3.63, 3.8) is 0 Å². The van der Waals surface area contributed by atoms with Crippen LogP contribution >= 0.6 is 11.3 Å². The molecular weight excluding hydrogens is 455 g/mol. The van der Waals surface area contributed by atoms with Crippen molar-refractivity contribution in [2.45, 2.75) is 6.36 Å². The Morgan fingerprint density at radius 3 is 2.28 bits per heavy atom. The zero-order valence-corrected chi connectivity index (χ0v) is 16.6. The van der Waals surface area contributed by atoms with E-state index in [1.165, 1.54) is 12.1 Å². The number of thiophene rings is 1. The number of nitrogens with zero attached hydrogens (tertiary/aromatic N) is 1. The molecule has 0 saturated carbocycles. The van der Waals surface area contributed by atoms with Crippen LogP contribution in [0.3, 0.4) is 0 Å². The molecule has 0 atom stereocenters. The Labute approximate surface area is 181 Å². The van der Waals surface area contributed by atoms with Crippen LogP contribution in [-0.2, 0) is 9.59 Å². The summed E-state index contributed by atoms with van der Waals surface area (Å²) in [5, 5.41) is 4.36. The SMILES string of the molecule is O=C1C(Nc2ccc(OC(F)(F)F)cc2)=C(c2cccs2)C(=O)N1c1cc(F)ccc1F. The highest BCUT2D eigenvalue weighted by Gasteiger charge is 2.42. The van der Waals surface area contributed by atoms with Crippen LogP contribution in [0.25, 0.3) is 5.57 Å². The summed E-state index contributed by atoms with van der Waals surface area (Å²) in [4.78, 5) is 27.0. The van der Waals surface area contributed by atoms with Gasteiger partial charge in [-0.2, -0.15) is 0 Å². The Hall–Kier alpha value is -3.73. The van der Waals surface area contributed by atoms with Crippen molar-refractivity contribution < 1.29 is 36.3 Å². The lowest BCUT2D eigenvalue weighted by atomic mass is 10.2. The molecule has 2 amide bonds. The number of rotatable bonds is 5. The smallest absolute Gasteiger partial charge is 0.406 e. The zero-order valence-electron chi connectivity index (χ0n) is 15.7. The minimum atomic E-state index is -4.87. The molecule has 164 valence electrons. The number of hydrogen-bond acceptors (Lipinski definition) is 5. The third-order valence-corrected chi connectivity index (χ3v) is 5.25. The minimum absolute atomic E-state index is 0.0794. The molecule has 2 aromatic carbocycles. The molecule has 1 aliphatic heterocycles. The number of hydrogen-bond donors (Lipinski definition) is 1. The van der Waals surface area contributed by atoms with Gasteiger partial charge in [-0.25, -0.2) is 13.7 Å². The largest absolute Gasteiger partial charge is 0.573 e. The van der Waals surface area contributed by atoms with Crippen molar-refractivity contribution in [1.29, 1.82) is 0 Å². The zero-order chi connectivity index (χ0) is 23.0. The summed E-state index contributed by atoms with van der Waals surface area (Å²) in [6.45, 7) is 0. The molecule has 1 aliphatic rings. The Morgan fingerprint density at radius 1 is 0.938 bits per heavy atom. The van der Waals surface area contributed by atoms with E-state index in [1.54, 1.807) is 17.5 Å². The lowest BCUT2D eigenvalue weighted by Crippen LogP contribution is -2.33. The van der Waals surface area contributed by atoms with Gasteiger partial charge in [0, 0.05) is 16.6 Å². The number of amides is 2. The van der Waals surface area contributed by atoms with Crippen LogP contribution in [-0.4, -0.2) is 18.2 Å². The first-order chi connectivity index (χ1) is 15.1. The number of carbonyl (C=O) groups is 2. The molecule has 0 aliphatic carbocycles. The average molecular weight is 466 g/mol. The van der Waals surface area contributed by atoms with Crippen LogP contribution in [0, 0.1) is 11.6 Å². The lowest BCUT2D eigenvalue weighted by molar-refractivity contribution is -0.274. The van der Waals surface area contributed by atoms with Crippen molar-refractivity contribution >= 4 is 40.1 Å². The van der Waals surface area contributed by atoms with Gasteiger partial charge >= 0.3 is 6.36 Å². The van der Waals surface area contributed by atoms with Crippen LogP contribution in [0.2, 0.25) is 0 Å². The van der Waals surface area contributed by atoms with Crippen LogP contribution in [0.5, 0.6) is 5.75 Å². The van der Waals surface area contributed by atoms with Gasteiger partial charge in [-0.3, -0.25) is 9.59 Å². The molecule has 32 heavy (non-hydrogen) atoms. The predicted molar refractivity (Wildman–Crippen MR) is 107 cm³/mol. The van der Waals surface area contributed by atoms with Gasteiger partial charge < -0.3 is 10.1 Å². The second-order valence-corrected chi connectivity index (χ2v) is 7.41. The Kier molecular flexibility index (Phi) is 5.43. The number of halogens is 5. The third-order valence-electron chi connectivity index (χ3n) is 4.36. The van der Waals surface area contributed by atoms with Gasteiger partial charge in [0.05, 0.1) is 11.3 Å². The van der Waals surface area contributed by atoms with E-state index in [4.69, 9.17) is 0 Å². The maximum atomic E-state index is 14.3. The van der Waals surface area contributed by atoms with E-state index in [9.17, 15) is 31.5 Å². The van der Waals surface area contributed by atoms with E-state index in [2.05, 4.69) is 10.1 Å².